The number of rotatable bonds is 2. The Labute approximate surface area is 132 Å². The molecule has 0 spiro atoms. The van der Waals surface area contributed by atoms with Crippen LogP contribution >= 0.6 is 0 Å². The normalized spacial score (nSPS) is 12.5. The summed E-state index contributed by atoms with van der Waals surface area (Å²) >= 11 is 0. The molecule has 2 N–H and O–H groups in total. The lowest BCUT2D eigenvalue weighted by Gasteiger charge is -2.28. The summed E-state index contributed by atoms with van der Waals surface area (Å²) in [4.78, 5) is 0. The SMILES string of the molecule is Cc1cc(Nc2cc(C(C)(C)C)c(O)c(C(C)(C)C)c2)no1. The molecule has 0 aliphatic heterocycles. The van der Waals surface area contributed by atoms with Crippen molar-refractivity contribution in [3.8, 4) is 5.75 Å². The fourth-order valence-electron chi connectivity index (χ4n) is 2.42. The first-order chi connectivity index (χ1) is 9.98. The average Bonchev–Trinajstić information content (AvgIpc) is 2.74. The van der Waals surface area contributed by atoms with Gasteiger partial charge in [-0.3, -0.25) is 0 Å². The Morgan fingerprint density at radius 1 is 0.955 bits per heavy atom. The summed E-state index contributed by atoms with van der Waals surface area (Å²) in [7, 11) is 0. The van der Waals surface area contributed by atoms with Gasteiger partial charge in [-0.25, -0.2) is 0 Å². The molecule has 1 aromatic heterocycles. The van der Waals surface area contributed by atoms with Crippen LogP contribution in [-0.2, 0) is 10.8 Å². The second-order valence-electron chi connectivity index (χ2n) is 7.87. The number of nitrogens with one attached hydrogen (secondary N) is 1. The number of phenolic OH excluding ortho intramolecular Hbond substituents is 1. The van der Waals surface area contributed by atoms with E-state index < -0.39 is 0 Å². The van der Waals surface area contributed by atoms with Gasteiger partial charge in [-0.15, -0.1) is 0 Å². The number of anilines is 2. The highest BCUT2D eigenvalue weighted by molar-refractivity contribution is 5.64. The summed E-state index contributed by atoms with van der Waals surface area (Å²) in [6, 6.07) is 5.81. The van der Waals surface area contributed by atoms with Gasteiger partial charge in [0.2, 0.25) is 0 Å². The number of hydrogen-bond donors (Lipinski definition) is 2. The summed E-state index contributed by atoms with van der Waals surface area (Å²) in [5.74, 6) is 1.80. The van der Waals surface area contributed by atoms with E-state index >= 15 is 0 Å². The van der Waals surface area contributed by atoms with Gasteiger partial charge in [-0.05, 0) is 29.9 Å². The van der Waals surface area contributed by atoms with E-state index in [0.29, 0.717) is 11.6 Å². The first-order valence-electron chi connectivity index (χ1n) is 7.57. The van der Waals surface area contributed by atoms with Crippen molar-refractivity contribution in [3.63, 3.8) is 0 Å². The summed E-state index contributed by atoms with van der Waals surface area (Å²) in [6.45, 7) is 14.4. The molecule has 0 saturated carbocycles. The van der Waals surface area contributed by atoms with E-state index in [1.807, 2.05) is 25.1 Å². The van der Waals surface area contributed by atoms with Gasteiger partial charge in [0.15, 0.2) is 5.82 Å². The molecule has 4 heteroatoms. The molecule has 0 aliphatic rings. The van der Waals surface area contributed by atoms with Gasteiger partial charge in [0.1, 0.15) is 11.5 Å². The van der Waals surface area contributed by atoms with Gasteiger partial charge in [-0.1, -0.05) is 46.7 Å². The largest absolute Gasteiger partial charge is 0.507 e. The number of aryl methyl sites for hydroxylation is 1. The van der Waals surface area contributed by atoms with Crippen molar-refractivity contribution in [3.05, 3.63) is 35.1 Å². The minimum absolute atomic E-state index is 0.151. The van der Waals surface area contributed by atoms with Crippen molar-refractivity contribution >= 4 is 11.5 Å². The monoisotopic (exact) mass is 302 g/mol. The highest BCUT2D eigenvalue weighted by Gasteiger charge is 2.26. The van der Waals surface area contributed by atoms with Gasteiger partial charge in [-0.2, -0.15) is 0 Å². The van der Waals surface area contributed by atoms with Gasteiger partial charge in [0.25, 0.3) is 0 Å². The highest BCUT2D eigenvalue weighted by Crippen LogP contribution is 2.41. The fourth-order valence-corrected chi connectivity index (χ4v) is 2.42. The van der Waals surface area contributed by atoms with Crippen LogP contribution in [-0.4, -0.2) is 10.3 Å². The Bertz CT molecular complexity index is 638. The number of hydrogen-bond acceptors (Lipinski definition) is 4. The van der Waals surface area contributed by atoms with Gasteiger partial charge in [0, 0.05) is 22.9 Å². The lowest BCUT2D eigenvalue weighted by Crippen LogP contribution is -2.17. The second-order valence-corrected chi connectivity index (χ2v) is 7.87. The zero-order valence-electron chi connectivity index (χ0n) is 14.5. The molecule has 120 valence electrons. The molecule has 0 radical (unpaired) electrons. The maximum atomic E-state index is 10.7. The minimum Gasteiger partial charge on any atom is -0.507 e. The van der Waals surface area contributed by atoms with E-state index in [9.17, 15) is 5.11 Å². The maximum absolute atomic E-state index is 10.7. The molecule has 2 aromatic rings. The van der Waals surface area contributed by atoms with E-state index in [1.54, 1.807) is 0 Å². The van der Waals surface area contributed by atoms with Crippen LogP contribution in [0.4, 0.5) is 11.5 Å². The minimum atomic E-state index is -0.151. The van der Waals surface area contributed by atoms with Crippen LogP contribution in [0.3, 0.4) is 0 Å². The first-order valence-corrected chi connectivity index (χ1v) is 7.57. The van der Waals surface area contributed by atoms with Crippen LogP contribution < -0.4 is 5.32 Å². The van der Waals surface area contributed by atoms with E-state index in [1.165, 1.54) is 0 Å². The standard InChI is InChI=1S/C18H26N2O2/c1-11-8-15(20-22-11)19-12-9-13(17(2,3)4)16(21)14(10-12)18(5,6)7/h8-10,21H,1-7H3,(H,19,20). The molecule has 0 atom stereocenters. The molecular weight excluding hydrogens is 276 g/mol. The summed E-state index contributed by atoms with van der Waals surface area (Å²) in [5, 5.41) is 17.9. The molecule has 1 heterocycles. The average molecular weight is 302 g/mol. The molecule has 0 bridgehead atoms. The fraction of sp³-hybridized carbons (Fsp3) is 0.500. The van der Waals surface area contributed by atoms with Crippen molar-refractivity contribution < 1.29 is 9.63 Å². The van der Waals surface area contributed by atoms with Crippen LogP contribution in [0.5, 0.6) is 5.75 Å². The number of aromatic hydroxyl groups is 1. The number of benzene rings is 1. The van der Waals surface area contributed by atoms with E-state index in [2.05, 4.69) is 52.0 Å². The van der Waals surface area contributed by atoms with E-state index in [0.717, 1.165) is 22.6 Å². The first kappa shape index (κ1) is 16.4. The summed E-state index contributed by atoms with van der Waals surface area (Å²) in [6.07, 6.45) is 0. The number of phenols is 1. The number of aromatic nitrogens is 1. The van der Waals surface area contributed by atoms with Crippen LogP contribution in [0.2, 0.25) is 0 Å². The van der Waals surface area contributed by atoms with E-state index in [-0.39, 0.29) is 10.8 Å². The topological polar surface area (TPSA) is 58.3 Å². The van der Waals surface area contributed by atoms with Crippen LogP contribution in [0.25, 0.3) is 0 Å². The summed E-state index contributed by atoms with van der Waals surface area (Å²) < 4.78 is 5.09. The van der Waals surface area contributed by atoms with Crippen molar-refractivity contribution in [2.24, 2.45) is 0 Å². The predicted octanol–water partition coefficient (Wildman–Crippen LogP) is 5.03. The molecule has 0 saturated heterocycles. The Kier molecular flexibility index (Phi) is 3.98. The molecule has 1 aromatic carbocycles. The molecule has 2 rings (SSSR count). The Morgan fingerprint density at radius 3 is 1.82 bits per heavy atom. The van der Waals surface area contributed by atoms with Gasteiger partial charge >= 0.3 is 0 Å². The third-order valence-electron chi connectivity index (χ3n) is 3.63. The summed E-state index contributed by atoms with van der Waals surface area (Å²) in [5.41, 5.74) is 2.44. The lowest BCUT2D eigenvalue weighted by molar-refractivity contribution is 0.400. The van der Waals surface area contributed by atoms with Crippen LogP contribution in [0.15, 0.2) is 22.7 Å². The quantitative estimate of drug-likeness (QED) is 0.764. The third kappa shape index (κ3) is 3.43. The van der Waals surface area contributed by atoms with Crippen LogP contribution in [0.1, 0.15) is 58.4 Å². The molecule has 22 heavy (non-hydrogen) atoms. The molecule has 0 amide bonds. The molecule has 0 aliphatic carbocycles. The predicted molar refractivity (Wildman–Crippen MR) is 90.0 cm³/mol. The zero-order chi connectivity index (χ0) is 16.7. The van der Waals surface area contributed by atoms with Crippen molar-refractivity contribution in [1.82, 2.24) is 5.16 Å². The van der Waals surface area contributed by atoms with E-state index in [4.69, 9.17) is 4.52 Å². The molecule has 0 fully saturated rings. The van der Waals surface area contributed by atoms with Gasteiger partial charge < -0.3 is 14.9 Å². The smallest absolute Gasteiger partial charge is 0.174 e. The lowest BCUT2D eigenvalue weighted by atomic mass is 9.79. The van der Waals surface area contributed by atoms with Crippen molar-refractivity contribution in [2.75, 3.05) is 5.32 Å². The Balaban J connectivity index is 2.55. The second kappa shape index (κ2) is 5.34. The highest BCUT2D eigenvalue weighted by atomic mass is 16.5. The molecule has 4 nitrogen and oxygen atoms in total. The van der Waals surface area contributed by atoms with Gasteiger partial charge in [0.05, 0.1) is 0 Å². The molecular formula is C18H26N2O2. The van der Waals surface area contributed by atoms with Crippen molar-refractivity contribution in [1.29, 1.82) is 0 Å². The number of nitrogens with zero attached hydrogens (tertiary/aromatic N) is 1. The molecule has 0 unspecified atom stereocenters. The third-order valence-corrected chi connectivity index (χ3v) is 3.63. The van der Waals surface area contributed by atoms with Crippen molar-refractivity contribution in [2.45, 2.75) is 59.3 Å². The van der Waals surface area contributed by atoms with Crippen LogP contribution in [0, 0.1) is 6.92 Å². The Morgan fingerprint density at radius 2 is 1.45 bits per heavy atom. The Hall–Kier alpha value is -1.97. The zero-order valence-corrected chi connectivity index (χ0v) is 14.5. The maximum Gasteiger partial charge on any atom is 0.174 e.